The number of β-lactam (4-membered cyclic amide) rings is 1. The zero-order valence-corrected chi connectivity index (χ0v) is 47.7. The van der Waals surface area contributed by atoms with Crippen LogP contribution in [0.3, 0.4) is 0 Å². The first-order chi connectivity index (χ1) is 37.5. The van der Waals surface area contributed by atoms with Gasteiger partial charge in [0.15, 0.2) is 10.8 Å². The van der Waals surface area contributed by atoms with Crippen molar-refractivity contribution >= 4 is 75.3 Å². The SMILES string of the molecule is COc1ccc(COC(=O)C2=C(CSc3nc(N)c(-c4ccccc4)c[n+]3C)CSC3C(NC(=O)/C(=N\OC(C)(C)C(=O)OC(C)(C)C)c4csc(NC(c5ccccc5)(c5ccccc5)c5ccccc5)n4)C(=O)N23)cc1.[Cl-]. The number of aromatic nitrogens is 3. The van der Waals surface area contributed by atoms with Crippen LogP contribution in [0.25, 0.3) is 11.1 Å². The number of nitrogens with zero attached hydrogens (tertiary/aromatic N) is 5. The molecule has 0 saturated carbocycles. The van der Waals surface area contributed by atoms with Gasteiger partial charge in [-0.15, -0.1) is 23.1 Å². The molecule has 2 unspecified atom stereocenters. The number of benzene rings is 5. The van der Waals surface area contributed by atoms with Gasteiger partial charge < -0.3 is 47.8 Å². The number of thiazole rings is 1. The first-order valence-corrected chi connectivity index (χ1v) is 27.9. The number of carbonyl (C=O) groups excluding carboxylic acids is 4. The van der Waals surface area contributed by atoms with Crippen molar-refractivity contribution in [1.29, 1.82) is 0 Å². The second-order valence-corrected chi connectivity index (χ2v) is 22.8. The highest BCUT2D eigenvalue weighted by Gasteiger charge is 2.55. The number of rotatable bonds is 19. The van der Waals surface area contributed by atoms with Crippen LogP contribution >= 0.6 is 34.9 Å². The average molecular weight is 1140 g/mol. The Morgan fingerprint density at radius 2 is 1.42 bits per heavy atom. The number of nitrogen functional groups attached to an aromatic ring is 1. The smallest absolute Gasteiger partial charge is 0.361 e. The minimum atomic E-state index is -1.66. The molecule has 2 aliphatic rings. The van der Waals surface area contributed by atoms with Gasteiger partial charge in [-0.1, -0.05) is 139 Å². The van der Waals surface area contributed by atoms with Gasteiger partial charge in [0.25, 0.3) is 17.6 Å². The highest BCUT2D eigenvalue weighted by Crippen LogP contribution is 2.43. The van der Waals surface area contributed by atoms with Crippen LogP contribution in [0, 0.1) is 0 Å². The lowest BCUT2D eigenvalue weighted by molar-refractivity contribution is -0.712. The number of hydrogen-bond acceptors (Lipinski definition) is 16. The van der Waals surface area contributed by atoms with Crippen LogP contribution < -0.4 is 38.1 Å². The minimum Gasteiger partial charge on any atom is -1.00 e. The summed E-state index contributed by atoms with van der Waals surface area (Å²) >= 11 is 3.98. The third-order valence-corrected chi connectivity index (χ3v) is 16.0. The predicted molar refractivity (Wildman–Crippen MR) is 303 cm³/mol. The summed E-state index contributed by atoms with van der Waals surface area (Å²) < 4.78 is 18.7. The van der Waals surface area contributed by atoms with Gasteiger partial charge in [-0.05, 0) is 96.9 Å². The van der Waals surface area contributed by atoms with Gasteiger partial charge in [0, 0.05) is 16.9 Å². The van der Waals surface area contributed by atoms with Crippen LogP contribution in [0.1, 0.15) is 62.6 Å². The summed E-state index contributed by atoms with van der Waals surface area (Å²) in [4.78, 5) is 74.2. The van der Waals surface area contributed by atoms with E-state index in [1.807, 2.05) is 139 Å². The molecule has 79 heavy (non-hydrogen) atoms. The van der Waals surface area contributed by atoms with Crippen molar-refractivity contribution in [2.45, 2.75) is 74.5 Å². The van der Waals surface area contributed by atoms with E-state index in [9.17, 15) is 19.2 Å². The molecule has 0 bridgehead atoms. The molecule has 9 rings (SSSR count). The van der Waals surface area contributed by atoms with Crippen molar-refractivity contribution in [3.63, 3.8) is 0 Å². The molecule has 5 aromatic carbocycles. The number of nitrogens with one attached hydrogen (secondary N) is 2. The molecule has 7 aromatic rings. The molecule has 0 radical (unpaired) electrons. The summed E-state index contributed by atoms with van der Waals surface area (Å²) in [6, 6.07) is 45.7. The average Bonchev–Trinajstić information content (AvgIpc) is 3.96. The zero-order valence-electron chi connectivity index (χ0n) is 44.5. The van der Waals surface area contributed by atoms with Crippen molar-refractivity contribution in [1.82, 2.24) is 20.2 Å². The fraction of sp³-hybridized carbons (Fsp3) is 0.254. The van der Waals surface area contributed by atoms with Crippen LogP contribution in [0.4, 0.5) is 10.9 Å². The number of anilines is 2. The number of oxime groups is 1. The molecule has 4 N–H and O–H groups in total. The van der Waals surface area contributed by atoms with Gasteiger partial charge in [-0.2, -0.15) is 0 Å². The number of carbonyl (C=O) groups is 4. The summed E-state index contributed by atoms with van der Waals surface area (Å²) in [6.45, 7) is 8.09. The maximum atomic E-state index is 14.9. The van der Waals surface area contributed by atoms with Gasteiger partial charge in [-0.25, -0.2) is 19.1 Å². The Hall–Kier alpha value is -7.71. The molecule has 1 fully saturated rings. The molecule has 1 saturated heterocycles. The normalized spacial score (nSPS) is 15.5. The highest BCUT2D eigenvalue weighted by molar-refractivity contribution is 8.01. The molecule has 2 aliphatic heterocycles. The maximum absolute atomic E-state index is 14.9. The van der Waals surface area contributed by atoms with E-state index in [0.717, 1.165) is 27.8 Å². The van der Waals surface area contributed by atoms with Gasteiger partial charge in [-0.3, -0.25) is 14.5 Å². The quantitative estimate of drug-likeness (QED) is 0.0123. The summed E-state index contributed by atoms with van der Waals surface area (Å²) in [5.74, 6) is -1.22. The lowest BCUT2D eigenvalue weighted by Crippen LogP contribution is -3.00. The molecule has 0 spiro atoms. The van der Waals surface area contributed by atoms with Crippen molar-refractivity contribution in [2.75, 3.05) is 29.7 Å². The fourth-order valence-corrected chi connectivity index (χ4v) is 12.0. The van der Waals surface area contributed by atoms with Crippen LogP contribution in [-0.2, 0) is 52.7 Å². The number of fused-ring (bicyclic) bond motifs is 1. The van der Waals surface area contributed by atoms with Crippen LogP contribution in [0.5, 0.6) is 5.75 Å². The number of aryl methyl sites for hydroxylation is 1. The van der Waals surface area contributed by atoms with Gasteiger partial charge in [0.2, 0.25) is 5.60 Å². The number of halogens is 1. The Bertz CT molecular complexity index is 3280. The van der Waals surface area contributed by atoms with Crippen molar-refractivity contribution < 1.29 is 55.2 Å². The van der Waals surface area contributed by atoms with Crippen molar-refractivity contribution in [3.8, 4) is 16.9 Å². The van der Waals surface area contributed by atoms with E-state index in [1.165, 1.54) is 53.6 Å². The van der Waals surface area contributed by atoms with Crippen LogP contribution in [0.2, 0.25) is 0 Å². The molecule has 2 aromatic heterocycles. The maximum Gasteiger partial charge on any atom is 0.361 e. The topological polar surface area (TPSA) is 201 Å². The molecule has 4 heterocycles. The lowest BCUT2D eigenvalue weighted by atomic mass is 9.77. The third-order valence-electron chi connectivity index (χ3n) is 12.8. The third kappa shape index (κ3) is 12.8. The van der Waals surface area contributed by atoms with E-state index in [4.69, 9.17) is 34.7 Å². The summed E-state index contributed by atoms with van der Waals surface area (Å²) in [5, 5.41) is 12.9. The number of amides is 2. The zero-order chi connectivity index (χ0) is 55.2. The molecule has 0 aliphatic carbocycles. The predicted octanol–water partition coefficient (Wildman–Crippen LogP) is 6.06. The van der Waals surface area contributed by atoms with E-state index < -0.39 is 51.9 Å². The van der Waals surface area contributed by atoms with Gasteiger partial charge in [0.1, 0.15) is 52.5 Å². The van der Waals surface area contributed by atoms with E-state index in [0.29, 0.717) is 38.7 Å². The molecule has 2 atom stereocenters. The van der Waals surface area contributed by atoms with Crippen LogP contribution in [-0.4, -0.2) is 85.6 Å². The van der Waals surface area contributed by atoms with Crippen molar-refractivity contribution in [3.05, 3.63) is 196 Å². The van der Waals surface area contributed by atoms with Crippen molar-refractivity contribution in [2.24, 2.45) is 12.2 Å². The van der Waals surface area contributed by atoms with E-state index in [1.54, 1.807) is 57.5 Å². The Balaban J connectivity index is 0.00000822. The Morgan fingerprint density at radius 3 is 1.99 bits per heavy atom. The summed E-state index contributed by atoms with van der Waals surface area (Å²) in [7, 11) is 3.44. The van der Waals surface area contributed by atoms with Gasteiger partial charge >= 0.3 is 17.1 Å². The molecular weight excluding hydrogens is 1080 g/mol. The standard InChI is InChI=1S/C59H58N8O8S3.ClH/c1-57(2,3)74-54(71)58(4,5)75-65-46(45-36-77-55(61-45)64-59(40-22-14-9-15-23-40,41-24-16-10-17-25-41)42-26-18-11-19-27-42)50(68)62-47-51(69)67-48(53(70)73-33-37-28-30-43(72-7)31-29-37)39(34-76-52(47)67)35-78-56-63-49(60)44(32-66(56)6)38-20-12-8-13-21-38;/h8-32,36,47,52,60H,33-35H2,1-7H3,(H2,61,62,64,68);1H/b65-46-;. The van der Waals surface area contributed by atoms with E-state index in [-0.39, 0.29) is 41.9 Å². The Morgan fingerprint density at radius 1 is 0.835 bits per heavy atom. The number of hydrogen-bond donors (Lipinski definition) is 3. The van der Waals surface area contributed by atoms with Gasteiger partial charge in [0.05, 0.1) is 19.7 Å². The molecular formula is C59H59ClN8O8S3. The number of nitrogens with two attached hydrogens (primary N) is 1. The Kier molecular flexibility index (Phi) is 17.8. The second kappa shape index (κ2) is 24.5. The minimum absolute atomic E-state index is 0. The Labute approximate surface area is 477 Å². The first-order valence-electron chi connectivity index (χ1n) is 25.0. The van der Waals surface area contributed by atoms with E-state index >= 15 is 0 Å². The molecule has 2 amide bonds. The first kappa shape index (κ1) is 57.5. The number of ether oxygens (including phenoxy) is 3. The number of methoxy groups -OCH3 is 1. The molecule has 16 nitrogen and oxygen atoms in total. The van der Waals surface area contributed by atoms with E-state index in [2.05, 4.69) is 15.8 Å². The summed E-state index contributed by atoms with van der Waals surface area (Å²) in [6.07, 6.45) is 1.91. The highest BCUT2D eigenvalue weighted by atomic mass is 35.5. The second-order valence-electron chi connectivity index (χ2n) is 19.9. The number of thioether (sulfide) groups is 2. The summed E-state index contributed by atoms with van der Waals surface area (Å²) in [5.41, 5.74) is 8.73. The largest absolute Gasteiger partial charge is 1.00 e. The monoisotopic (exact) mass is 1140 g/mol. The lowest BCUT2D eigenvalue weighted by Gasteiger charge is -2.49. The molecule has 20 heteroatoms. The molecule has 408 valence electrons. The van der Waals surface area contributed by atoms with Crippen LogP contribution in [0.15, 0.2) is 179 Å². The number of esters is 2. The fourth-order valence-electron chi connectivity index (χ4n) is 8.80.